The normalized spacial score (nSPS) is 29.8. The summed E-state index contributed by atoms with van der Waals surface area (Å²) in [5, 5.41) is 0. The lowest BCUT2D eigenvalue weighted by molar-refractivity contribution is -0.947. The third-order valence-corrected chi connectivity index (χ3v) is 5.97. The van der Waals surface area contributed by atoms with E-state index in [2.05, 4.69) is 7.05 Å². The number of quaternary nitrogens is 1. The molecule has 2 saturated heterocycles. The smallest absolute Gasteiger partial charge is 0.341 e. The van der Waals surface area contributed by atoms with Gasteiger partial charge in [-0.1, -0.05) is 0 Å². The van der Waals surface area contributed by atoms with Crippen LogP contribution in [0, 0.1) is 19.8 Å². The first kappa shape index (κ1) is 17.2. The Balaban J connectivity index is 1.69. The zero-order valence-corrected chi connectivity index (χ0v) is 15.0. The van der Waals surface area contributed by atoms with E-state index in [0.717, 1.165) is 10.9 Å². The zero-order chi connectivity index (χ0) is 17.3. The van der Waals surface area contributed by atoms with Gasteiger partial charge in [0.1, 0.15) is 17.9 Å². The first-order valence-electron chi connectivity index (χ1n) is 9.03. The fourth-order valence-electron chi connectivity index (χ4n) is 4.75. The number of carbonyl (C=O) groups is 1. The van der Waals surface area contributed by atoms with E-state index >= 15 is 0 Å². The number of piperidine rings is 2. The van der Waals surface area contributed by atoms with E-state index < -0.39 is 5.63 Å². The third kappa shape index (κ3) is 3.27. The van der Waals surface area contributed by atoms with Crippen LogP contribution < -0.4 is 5.63 Å². The van der Waals surface area contributed by atoms with Crippen LogP contribution in [0.3, 0.4) is 0 Å². The Labute approximate surface area is 143 Å². The van der Waals surface area contributed by atoms with Gasteiger partial charge < -0.3 is 13.6 Å². The Morgan fingerprint density at radius 3 is 2.75 bits per heavy atom. The molecule has 0 aliphatic carbocycles. The van der Waals surface area contributed by atoms with Crippen LogP contribution in [0.5, 0.6) is 0 Å². The van der Waals surface area contributed by atoms with Crippen molar-refractivity contribution in [3.63, 3.8) is 0 Å². The van der Waals surface area contributed by atoms with Crippen LogP contribution in [0.15, 0.2) is 15.3 Å². The van der Waals surface area contributed by atoms with E-state index in [1.165, 1.54) is 44.8 Å². The maximum Gasteiger partial charge on any atom is 0.341 e. The highest BCUT2D eigenvalue weighted by Gasteiger charge is 2.43. The Morgan fingerprint density at radius 1 is 1.25 bits per heavy atom. The van der Waals surface area contributed by atoms with Crippen molar-refractivity contribution < 1.29 is 18.4 Å². The maximum atomic E-state index is 12.5. The molecule has 2 aliphatic rings. The van der Waals surface area contributed by atoms with E-state index in [1.54, 1.807) is 13.8 Å². The fraction of sp³-hybridized carbons (Fsp3) is 0.684. The average molecular weight is 334 g/mol. The Kier molecular flexibility index (Phi) is 4.81. The van der Waals surface area contributed by atoms with Crippen LogP contribution in [-0.4, -0.2) is 43.2 Å². The van der Waals surface area contributed by atoms with Gasteiger partial charge in [0.25, 0.3) is 0 Å². The molecule has 0 radical (unpaired) electrons. The van der Waals surface area contributed by atoms with Gasteiger partial charge in [-0.3, -0.25) is 0 Å². The summed E-state index contributed by atoms with van der Waals surface area (Å²) >= 11 is 0. The van der Waals surface area contributed by atoms with E-state index in [9.17, 15) is 9.59 Å². The molecule has 2 aliphatic heterocycles. The van der Waals surface area contributed by atoms with Crippen molar-refractivity contribution >= 4 is 5.97 Å². The van der Waals surface area contributed by atoms with Crippen molar-refractivity contribution in [1.82, 2.24) is 0 Å². The first-order valence-corrected chi connectivity index (χ1v) is 9.03. The van der Waals surface area contributed by atoms with Gasteiger partial charge >= 0.3 is 11.6 Å². The second-order valence-corrected chi connectivity index (χ2v) is 7.67. The van der Waals surface area contributed by atoms with Crippen LogP contribution >= 0.6 is 0 Å². The minimum Gasteiger partial charge on any atom is -0.461 e. The molecule has 5 nitrogen and oxygen atoms in total. The van der Waals surface area contributed by atoms with E-state index in [0.29, 0.717) is 35.5 Å². The maximum absolute atomic E-state index is 12.5. The van der Waals surface area contributed by atoms with Crippen LogP contribution in [0.25, 0.3) is 0 Å². The molecule has 132 valence electrons. The van der Waals surface area contributed by atoms with Crippen LogP contribution in [0.2, 0.25) is 0 Å². The molecular formula is C19H28NO4+. The number of hydrogen-bond acceptors (Lipinski definition) is 4. The molecule has 0 N–H and O–H groups in total. The van der Waals surface area contributed by atoms with Crippen molar-refractivity contribution in [3.8, 4) is 0 Å². The molecule has 1 aromatic rings. The van der Waals surface area contributed by atoms with E-state index in [4.69, 9.17) is 9.15 Å². The summed E-state index contributed by atoms with van der Waals surface area (Å²) in [6.45, 7) is 6.35. The SMILES string of the molecule is Cc1cc(=O)oc(C)c1C(=O)OC[C@@H]1CCC[N+]2(C)CCCC[C@H]12. The molecule has 3 heterocycles. The molecule has 0 aromatic carbocycles. The third-order valence-electron chi connectivity index (χ3n) is 5.97. The molecule has 3 rings (SSSR count). The molecule has 5 heteroatoms. The molecule has 24 heavy (non-hydrogen) atoms. The number of ether oxygens (including phenoxy) is 1. The summed E-state index contributed by atoms with van der Waals surface area (Å²) in [6.07, 6.45) is 6.16. The van der Waals surface area contributed by atoms with Gasteiger partial charge in [-0.2, -0.15) is 0 Å². The van der Waals surface area contributed by atoms with Crippen molar-refractivity contribution in [2.45, 2.75) is 52.0 Å². The quantitative estimate of drug-likeness (QED) is 0.630. The second-order valence-electron chi connectivity index (χ2n) is 7.67. The summed E-state index contributed by atoms with van der Waals surface area (Å²) < 4.78 is 11.8. The Morgan fingerprint density at radius 2 is 2.00 bits per heavy atom. The van der Waals surface area contributed by atoms with Crippen LogP contribution in [0.4, 0.5) is 0 Å². The molecule has 0 amide bonds. The number of hydrogen-bond donors (Lipinski definition) is 0. The summed E-state index contributed by atoms with van der Waals surface area (Å²) in [5.74, 6) is 0.403. The van der Waals surface area contributed by atoms with Gasteiger partial charge in [0.05, 0.1) is 26.2 Å². The van der Waals surface area contributed by atoms with Crippen molar-refractivity contribution in [1.29, 1.82) is 0 Å². The fourth-order valence-corrected chi connectivity index (χ4v) is 4.75. The number of aryl methyl sites for hydroxylation is 2. The number of carbonyl (C=O) groups excluding carboxylic acids is 1. The van der Waals surface area contributed by atoms with Gasteiger partial charge in [0, 0.05) is 18.4 Å². The number of esters is 1. The number of nitrogens with zero attached hydrogens (tertiary/aromatic N) is 1. The number of rotatable bonds is 3. The van der Waals surface area contributed by atoms with Crippen LogP contribution in [0.1, 0.15) is 53.8 Å². The molecular weight excluding hydrogens is 306 g/mol. The predicted octanol–water partition coefficient (Wildman–Crippen LogP) is 2.82. The summed E-state index contributed by atoms with van der Waals surface area (Å²) in [7, 11) is 2.36. The standard InChI is InChI=1S/C19H28NO4/c1-13-11-17(21)24-14(2)18(13)19(22)23-12-15-7-6-10-20(3)9-5-4-8-16(15)20/h11,15-16H,4-10,12H2,1-3H3/q+1/t15-,16+,20?/m0/s1. The molecule has 0 spiro atoms. The monoisotopic (exact) mass is 334 g/mol. The van der Waals surface area contributed by atoms with Gasteiger partial charge in [-0.25, -0.2) is 9.59 Å². The molecule has 3 atom stereocenters. The minimum absolute atomic E-state index is 0.340. The second kappa shape index (κ2) is 6.71. The van der Waals surface area contributed by atoms with Gasteiger partial charge in [0.2, 0.25) is 0 Å². The summed E-state index contributed by atoms with van der Waals surface area (Å²) in [6, 6.07) is 1.95. The van der Waals surface area contributed by atoms with E-state index in [-0.39, 0.29) is 5.97 Å². The Bertz CT molecular complexity index is 650. The first-order chi connectivity index (χ1) is 11.4. The largest absolute Gasteiger partial charge is 0.461 e. The highest BCUT2D eigenvalue weighted by Crippen LogP contribution is 2.36. The lowest BCUT2D eigenvalue weighted by atomic mass is 9.82. The minimum atomic E-state index is -0.427. The predicted molar refractivity (Wildman–Crippen MR) is 91.0 cm³/mol. The molecule has 1 aromatic heterocycles. The molecule has 2 fully saturated rings. The van der Waals surface area contributed by atoms with E-state index in [1.807, 2.05) is 0 Å². The average Bonchev–Trinajstić information content (AvgIpc) is 2.51. The van der Waals surface area contributed by atoms with Crippen LogP contribution in [-0.2, 0) is 4.74 Å². The van der Waals surface area contributed by atoms with Gasteiger partial charge in [-0.05, 0) is 45.1 Å². The molecule has 0 saturated carbocycles. The van der Waals surface area contributed by atoms with Crippen molar-refractivity contribution in [2.75, 3.05) is 26.7 Å². The van der Waals surface area contributed by atoms with Crippen molar-refractivity contribution in [2.24, 2.45) is 5.92 Å². The Hall–Kier alpha value is -1.62. The van der Waals surface area contributed by atoms with Gasteiger partial charge in [-0.15, -0.1) is 0 Å². The highest BCUT2D eigenvalue weighted by molar-refractivity contribution is 5.91. The molecule has 0 bridgehead atoms. The number of fused-ring (bicyclic) bond motifs is 1. The van der Waals surface area contributed by atoms with Gasteiger partial charge in [0.15, 0.2) is 0 Å². The van der Waals surface area contributed by atoms with Crippen molar-refractivity contribution in [3.05, 3.63) is 33.4 Å². The zero-order valence-electron chi connectivity index (χ0n) is 15.0. The topological polar surface area (TPSA) is 56.5 Å². The summed E-state index contributed by atoms with van der Waals surface area (Å²) in [4.78, 5) is 23.9. The summed E-state index contributed by atoms with van der Waals surface area (Å²) in [5.41, 5.74) is 0.589. The lowest BCUT2D eigenvalue weighted by Crippen LogP contribution is -2.61. The molecule has 1 unspecified atom stereocenters. The highest BCUT2D eigenvalue weighted by atomic mass is 16.5. The lowest BCUT2D eigenvalue weighted by Gasteiger charge is -2.51.